The van der Waals surface area contributed by atoms with Crippen LogP contribution in [0.5, 0.6) is 11.5 Å². The van der Waals surface area contributed by atoms with Gasteiger partial charge in [-0.3, -0.25) is 0 Å². The van der Waals surface area contributed by atoms with Crippen molar-refractivity contribution in [3.63, 3.8) is 0 Å². The SMILES string of the molecule is Oc1ccc2cc(C34CC5CC(CC(C5)C3)C4)c(O)c(C34CC5CC(CC(C5)C3)C4)c2c1. The molecule has 2 aromatic carbocycles. The number of hydrogen-bond acceptors (Lipinski definition) is 2. The standard InChI is InChI=1S/C30H36O2/c31-24-2-1-23-9-26(29-11-17-3-18(12-29)5-19(4-17)13-29)28(32)27(25(23)10-24)30-14-20-6-21(15-30)8-22(7-20)16-30/h1-2,9-10,17-22,31-32H,3-8,11-16H2. The van der Waals surface area contributed by atoms with Crippen molar-refractivity contribution >= 4 is 10.8 Å². The van der Waals surface area contributed by atoms with E-state index >= 15 is 0 Å². The van der Waals surface area contributed by atoms with Gasteiger partial charge in [-0.25, -0.2) is 0 Å². The van der Waals surface area contributed by atoms with E-state index in [1.807, 2.05) is 12.1 Å². The molecule has 32 heavy (non-hydrogen) atoms. The van der Waals surface area contributed by atoms with Crippen molar-refractivity contribution < 1.29 is 10.2 Å². The number of hydrogen-bond donors (Lipinski definition) is 2. The van der Waals surface area contributed by atoms with E-state index in [4.69, 9.17) is 0 Å². The number of phenolic OH excluding ortho intramolecular Hbond substituents is 2. The molecule has 0 saturated heterocycles. The number of phenols is 2. The number of aromatic hydroxyl groups is 2. The van der Waals surface area contributed by atoms with E-state index < -0.39 is 0 Å². The Balaban J connectivity index is 1.37. The fourth-order valence-corrected chi connectivity index (χ4v) is 11.2. The summed E-state index contributed by atoms with van der Waals surface area (Å²) in [5.74, 6) is 6.14. The predicted molar refractivity (Wildman–Crippen MR) is 127 cm³/mol. The summed E-state index contributed by atoms with van der Waals surface area (Å²) in [4.78, 5) is 0. The van der Waals surface area contributed by atoms with Crippen LogP contribution in [0, 0.1) is 35.5 Å². The van der Waals surface area contributed by atoms with Crippen LogP contribution in [0.1, 0.15) is 88.2 Å². The van der Waals surface area contributed by atoms with Gasteiger partial charge in [-0.2, -0.15) is 0 Å². The van der Waals surface area contributed by atoms with E-state index in [1.165, 1.54) is 93.6 Å². The highest BCUT2D eigenvalue weighted by atomic mass is 16.3. The first-order valence-electron chi connectivity index (χ1n) is 13.5. The number of benzene rings is 2. The van der Waals surface area contributed by atoms with Crippen LogP contribution >= 0.6 is 0 Å². The third-order valence-electron chi connectivity index (χ3n) is 11.3. The molecule has 0 heterocycles. The van der Waals surface area contributed by atoms with Crippen LogP contribution < -0.4 is 0 Å². The van der Waals surface area contributed by atoms with Crippen molar-refractivity contribution in [2.24, 2.45) is 35.5 Å². The van der Waals surface area contributed by atoms with Gasteiger partial charge in [0.2, 0.25) is 0 Å². The summed E-state index contributed by atoms with van der Waals surface area (Å²) < 4.78 is 0. The van der Waals surface area contributed by atoms with Gasteiger partial charge in [-0.15, -0.1) is 0 Å². The molecule has 0 unspecified atom stereocenters. The van der Waals surface area contributed by atoms with Gasteiger partial charge < -0.3 is 10.2 Å². The highest BCUT2D eigenvalue weighted by molar-refractivity contribution is 5.91. The summed E-state index contributed by atoms with van der Waals surface area (Å²) in [6.45, 7) is 0. The van der Waals surface area contributed by atoms with E-state index in [1.54, 1.807) is 0 Å². The molecule has 2 N–H and O–H groups in total. The molecule has 8 aliphatic carbocycles. The Kier molecular flexibility index (Phi) is 3.53. The summed E-state index contributed by atoms with van der Waals surface area (Å²) in [7, 11) is 0. The molecular weight excluding hydrogens is 392 g/mol. The van der Waals surface area contributed by atoms with Crippen LogP contribution in [0.15, 0.2) is 24.3 Å². The Morgan fingerprint density at radius 1 is 0.594 bits per heavy atom. The molecule has 8 saturated carbocycles. The predicted octanol–water partition coefficient (Wildman–Crippen LogP) is 7.19. The Labute approximate surface area is 191 Å². The molecule has 10 rings (SSSR count). The molecule has 0 radical (unpaired) electrons. The second-order valence-electron chi connectivity index (χ2n) is 13.4. The first-order chi connectivity index (χ1) is 15.5. The Bertz CT molecular complexity index is 1060. The van der Waals surface area contributed by atoms with Gasteiger partial charge in [0.05, 0.1) is 0 Å². The van der Waals surface area contributed by atoms with Gasteiger partial charge >= 0.3 is 0 Å². The fraction of sp³-hybridized carbons (Fsp3) is 0.667. The lowest BCUT2D eigenvalue weighted by molar-refractivity contribution is -0.00971. The van der Waals surface area contributed by atoms with Crippen molar-refractivity contribution in [1.29, 1.82) is 0 Å². The second-order valence-corrected chi connectivity index (χ2v) is 13.4. The van der Waals surface area contributed by atoms with Gasteiger partial charge in [0.1, 0.15) is 11.5 Å². The molecule has 8 aliphatic rings. The molecule has 2 nitrogen and oxygen atoms in total. The lowest BCUT2D eigenvalue weighted by Gasteiger charge is -2.59. The lowest BCUT2D eigenvalue weighted by Crippen LogP contribution is -2.50. The zero-order valence-corrected chi connectivity index (χ0v) is 19.2. The average molecular weight is 429 g/mol. The van der Waals surface area contributed by atoms with Crippen molar-refractivity contribution in [1.82, 2.24) is 0 Å². The average Bonchev–Trinajstić information content (AvgIpc) is 2.71. The minimum Gasteiger partial charge on any atom is -0.508 e. The molecule has 2 aromatic rings. The van der Waals surface area contributed by atoms with Crippen LogP contribution in [-0.4, -0.2) is 10.2 Å². The molecule has 8 bridgehead atoms. The topological polar surface area (TPSA) is 40.5 Å². The Hall–Kier alpha value is -1.70. The maximum Gasteiger partial charge on any atom is 0.123 e. The lowest BCUT2D eigenvalue weighted by atomic mass is 9.46. The molecule has 168 valence electrons. The van der Waals surface area contributed by atoms with Crippen molar-refractivity contribution in [2.45, 2.75) is 87.9 Å². The van der Waals surface area contributed by atoms with Gasteiger partial charge in [0.15, 0.2) is 0 Å². The third kappa shape index (κ3) is 2.42. The third-order valence-corrected chi connectivity index (χ3v) is 11.3. The highest BCUT2D eigenvalue weighted by Crippen LogP contribution is 2.66. The molecule has 0 amide bonds. The van der Waals surface area contributed by atoms with Gasteiger partial charge in [0, 0.05) is 16.5 Å². The Morgan fingerprint density at radius 2 is 1.06 bits per heavy atom. The van der Waals surface area contributed by atoms with Crippen LogP contribution in [-0.2, 0) is 10.8 Å². The summed E-state index contributed by atoms with van der Waals surface area (Å²) in [6, 6.07) is 8.29. The molecular formula is C30H36O2. The second kappa shape index (κ2) is 6.05. The maximum absolute atomic E-state index is 12.2. The molecule has 2 heteroatoms. The monoisotopic (exact) mass is 428 g/mol. The van der Waals surface area contributed by atoms with Crippen LogP contribution in [0.3, 0.4) is 0 Å². The summed E-state index contributed by atoms with van der Waals surface area (Å²) in [5, 5.41) is 25.0. The smallest absolute Gasteiger partial charge is 0.123 e. The van der Waals surface area contributed by atoms with Gasteiger partial charge in [-0.05, 0) is 147 Å². The Morgan fingerprint density at radius 3 is 1.56 bits per heavy atom. The zero-order valence-electron chi connectivity index (χ0n) is 19.2. The van der Waals surface area contributed by atoms with Crippen LogP contribution in [0.4, 0.5) is 0 Å². The van der Waals surface area contributed by atoms with Crippen molar-refractivity contribution in [2.75, 3.05) is 0 Å². The number of fused-ring (bicyclic) bond motifs is 1. The highest BCUT2D eigenvalue weighted by Gasteiger charge is 2.56. The zero-order chi connectivity index (χ0) is 21.2. The van der Waals surface area contributed by atoms with E-state index in [0.29, 0.717) is 11.5 Å². The number of rotatable bonds is 2. The minimum atomic E-state index is 0.128. The first kappa shape index (κ1) is 18.7. The molecule has 8 fully saturated rings. The normalized spacial score (nSPS) is 45.8. The molecule has 0 aromatic heterocycles. The largest absolute Gasteiger partial charge is 0.508 e. The first-order valence-corrected chi connectivity index (χ1v) is 13.5. The van der Waals surface area contributed by atoms with E-state index in [-0.39, 0.29) is 10.8 Å². The van der Waals surface area contributed by atoms with Gasteiger partial charge in [0.25, 0.3) is 0 Å². The van der Waals surface area contributed by atoms with E-state index in [0.717, 1.165) is 40.9 Å². The van der Waals surface area contributed by atoms with Crippen molar-refractivity contribution in [3.05, 3.63) is 35.4 Å². The van der Waals surface area contributed by atoms with E-state index in [2.05, 4.69) is 12.1 Å². The molecule has 0 spiro atoms. The molecule has 0 atom stereocenters. The summed E-state index contributed by atoms with van der Waals surface area (Å²) in [5.41, 5.74) is 2.86. The van der Waals surface area contributed by atoms with Gasteiger partial charge in [-0.1, -0.05) is 6.07 Å². The molecule has 0 aliphatic heterocycles. The van der Waals surface area contributed by atoms with E-state index in [9.17, 15) is 10.2 Å². The maximum atomic E-state index is 12.2. The fourth-order valence-electron chi connectivity index (χ4n) is 11.2. The quantitative estimate of drug-likeness (QED) is 0.531. The van der Waals surface area contributed by atoms with Crippen LogP contribution in [0.2, 0.25) is 0 Å². The van der Waals surface area contributed by atoms with Crippen LogP contribution in [0.25, 0.3) is 10.8 Å². The minimum absolute atomic E-state index is 0.128. The summed E-state index contributed by atoms with van der Waals surface area (Å²) >= 11 is 0. The van der Waals surface area contributed by atoms with Crippen molar-refractivity contribution in [3.8, 4) is 11.5 Å². The summed E-state index contributed by atoms with van der Waals surface area (Å²) in [6.07, 6.45) is 16.2.